The van der Waals surface area contributed by atoms with E-state index < -0.39 is 10.2 Å². The first-order chi connectivity index (χ1) is 6.02. The molecule has 1 rings (SSSR count). The normalized spacial score (nSPS) is 20.8. The van der Waals surface area contributed by atoms with Crippen LogP contribution in [0.2, 0.25) is 0 Å². The van der Waals surface area contributed by atoms with E-state index in [2.05, 4.69) is 4.72 Å². The average molecular weight is 206 g/mol. The molecule has 78 valence electrons. The van der Waals surface area contributed by atoms with Gasteiger partial charge in [-0.1, -0.05) is 19.3 Å². The van der Waals surface area contributed by atoms with Crippen LogP contribution < -0.4 is 4.72 Å². The van der Waals surface area contributed by atoms with E-state index in [1.165, 1.54) is 10.7 Å². The molecule has 0 unspecified atom stereocenters. The molecule has 1 saturated carbocycles. The lowest BCUT2D eigenvalue weighted by atomic mass is 9.96. The molecule has 0 aromatic carbocycles. The Balaban J connectivity index is 2.47. The minimum Gasteiger partial charge on any atom is -0.199 e. The van der Waals surface area contributed by atoms with E-state index in [-0.39, 0.29) is 6.04 Å². The highest BCUT2D eigenvalue weighted by Crippen LogP contribution is 2.18. The third-order valence-corrected chi connectivity index (χ3v) is 3.99. The first kappa shape index (κ1) is 10.9. The predicted octanol–water partition coefficient (Wildman–Crippen LogP) is 0.715. The van der Waals surface area contributed by atoms with Gasteiger partial charge in [-0.25, -0.2) is 0 Å². The summed E-state index contributed by atoms with van der Waals surface area (Å²) in [7, 11) is -0.121. The van der Waals surface area contributed by atoms with Crippen LogP contribution in [0.4, 0.5) is 0 Å². The van der Waals surface area contributed by atoms with Crippen LogP contribution in [0.5, 0.6) is 0 Å². The maximum atomic E-state index is 11.4. The van der Waals surface area contributed by atoms with Crippen LogP contribution in [0.3, 0.4) is 0 Å². The molecule has 1 aliphatic rings. The first-order valence-electron chi connectivity index (χ1n) is 4.72. The first-order valence-corrected chi connectivity index (χ1v) is 6.16. The molecule has 5 heteroatoms. The standard InChI is InChI=1S/C8H18N2O2S/c1-10(2)13(11,12)9-8-6-4-3-5-7-8/h8-9H,3-7H2,1-2H3. The van der Waals surface area contributed by atoms with Crippen molar-refractivity contribution < 1.29 is 8.42 Å². The number of nitrogens with zero attached hydrogens (tertiary/aromatic N) is 1. The van der Waals surface area contributed by atoms with Crippen LogP contribution in [0.15, 0.2) is 0 Å². The van der Waals surface area contributed by atoms with Gasteiger partial charge in [0, 0.05) is 20.1 Å². The Kier molecular flexibility index (Phi) is 3.70. The number of nitrogens with one attached hydrogen (secondary N) is 1. The summed E-state index contributed by atoms with van der Waals surface area (Å²) in [6.07, 6.45) is 5.47. The Morgan fingerprint density at radius 2 is 1.69 bits per heavy atom. The van der Waals surface area contributed by atoms with Crippen molar-refractivity contribution in [2.45, 2.75) is 38.1 Å². The highest BCUT2D eigenvalue weighted by atomic mass is 32.2. The van der Waals surface area contributed by atoms with E-state index in [1.54, 1.807) is 14.1 Å². The molecule has 13 heavy (non-hydrogen) atoms. The fourth-order valence-corrected chi connectivity index (χ4v) is 2.40. The summed E-state index contributed by atoms with van der Waals surface area (Å²) >= 11 is 0. The van der Waals surface area contributed by atoms with Gasteiger partial charge in [0.25, 0.3) is 10.2 Å². The molecule has 0 aliphatic heterocycles. The maximum absolute atomic E-state index is 11.4. The van der Waals surface area contributed by atoms with Crippen LogP contribution in [0.1, 0.15) is 32.1 Å². The van der Waals surface area contributed by atoms with Crippen LogP contribution in [0, 0.1) is 0 Å². The van der Waals surface area contributed by atoms with Crippen molar-refractivity contribution in [3.8, 4) is 0 Å². The summed E-state index contributed by atoms with van der Waals surface area (Å²) in [6, 6.07) is 0.154. The van der Waals surface area contributed by atoms with Gasteiger partial charge in [-0.15, -0.1) is 0 Å². The molecule has 0 amide bonds. The molecular formula is C8H18N2O2S. The van der Waals surface area contributed by atoms with E-state index >= 15 is 0 Å². The zero-order valence-electron chi connectivity index (χ0n) is 8.28. The monoisotopic (exact) mass is 206 g/mol. The van der Waals surface area contributed by atoms with Crippen molar-refractivity contribution >= 4 is 10.2 Å². The molecule has 0 aromatic heterocycles. The van der Waals surface area contributed by atoms with Crippen LogP contribution >= 0.6 is 0 Å². The van der Waals surface area contributed by atoms with Crippen molar-refractivity contribution in [1.82, 2.24) is 9.03 Å². The van der Waals surface area contributed by atoms with Gasteiger partial charge in [-0.3, -0.25) is 0 Å². The van der Waals surface area contributed by atoms with E-state index in [1.807, 2.05) is 0 Å². The molecule has 0 aromatic rings. The van der Waals surface area contributed by atoms with E-state index in [0.29, 0.717) is 0 Å². The summed E-state index contributed by atoms with van der Waals surface area (Å²) in [5.74, 6) is 0. The van der Waals surface area contributed by atoms with Gasteiger partial charge < -0.3 is 0 Å². The van der Waals surface area contributed by atoms with Gasteiger partial charge in [-0.2, -0.15) is 17.4 Å². The largest absolute Gasteiger partial charge is 0.279 e. The van der Waals surface area contributed by atoms with Crippen LogP contribution in [0.25, 0.3) is 0 Å². The smallest absolute Gasteiger partial charge is 0.199 e. The average Bonchev–Trinajstić information content (AvgIpc) is 2.05. The summed E-state index contributed by atoms with van der Waals surface area (Å²) in [4.78, 5) is 0. The van der Waals surface area contributed by atoms with Crippen molar-refractivity contribution in [3.63, 3.8) is 0 Å². The summed E-state index contributed by atoms with van der Waals surface area (Å²) in [6.45, 7) is 0. The molecule has 0 radical (unpaired) electrons. The van der Waals surface area contributed by atoms with E-state index in [9.17, 15) is 8.42 Å². The highest BCUT2D eigenvalue weighted by molar-refractivity contribution is 7.87. The molecule has 0 saturated heterocycles. The SMILES string of the molecule is CN(C)S(=O)(=O)NC1CCCCC1. The number of rotatable bonds is 3. The predicted molar refractivity (Wildman–Crippen MR) is 52.6 cm³/mol. The molecule has 1 N–H and O–H groups in total. The van der Waals surface area contributed by atoms with Gasteiger partial charge in [0.15, 0.2) is 0 Å². The Bertz CT molecular complexity index is 243. The lowest BCUT2D eigenvalue weighted by Crippen LogP contribution is -2.42. The Labute approximate surface area is 80.5 Å². The summed E-state index contributed by atoms with van der Waals surface area (Å²) in [5, 5.41) is 0. The molecule has 0 spiro atoms. The van der Waals surface area contributed by atoms with Gasteiger partial charge >= 0.3 is 0 Å². The van der Waals surface area contributed by atoms with Gasteiger partial charge in [0.2, 0.25) is 0 Å². The highest BCUT2D eigenvalue weighted by Gasteiger charge is 2.21. The Hall–Kier alpha value is -0.130. The Morgan fingerprint density at radius 1 is 1.15 bits per heavy atom. The molecule has 4 nitrogen and oxygen atoms in total. The second kappa shape index (κ2) is 4.39. The maximum Gasteiger partial charge on any atom is 0.279 e. The topological polar surface area (TPSA) is 49.4 Å². The van der Waals surface area contributed by atoms with E-state index in [0.717, 1.165) is 25.7 Å². The minimum absolute atomic E-state index is 0.154. The zero-order chi connectivity index (χ0) is 9.90. The lowest BCUT2D eigenvalue weighted by molar-refractivity contribution is 0.400. The molecule has 0 bridgehead atoms. The molecule has 1 aliphatic carbocycles. The van der Waals surface area contributed by atoms with Gasteiger partial charge in [0.1, 0.15) is 0 Å². The second-order valence-corrected chi connectivity index (χ2v) is 5.66. The third-order valence-electron chi connectivity index (χ3n) is 2.40. The van der Waals surface area contributed by atoms with Crippen molar-refractivity contribution in [2.75, 3.05) is 14.1 Å². The van der Waals surface area contributed by atoms with Crippen molar-refractivity contribution in [1.29, 1.82) is 0 Å². The third kappa shape index (κ3) is 3.25. The van der Waals surface area contributed by atoms with E-state index in [4.69, 9.17) is 0 Å². The minimum atomic E-state index is -3.21. The number of hydrogen-bond donors (Lipinski definition) is 1. The quantitative estimate of drug-likeness (QED) is 0.739. The number of hydrogen-bond acceptors (Lipinski definition) is 2. The summed E-state index contributed by atoms with van der Waals surface area (Å²) in [5.41, 5.74) is 0. The summed E-state index contributed by atoms with van der Waals surface area (Å²) < 4.78 is 26.7. The molecule has 1 fully saturated rings. The van der Waals surface area contributed by atoms with Gasteiger partial charge in [-0.05, 0) is 12.8 Å². The zero-order valence-corrected chi connectivity index (χ0v) is 9.10. The molecular weight excluding hydrogens is 188 g/mol. The van der Waals surface area contributed by atoms with Crippen LogP contribution in [-0.4, -0.2) is 32.9 Å². The van der Waals surface area contributed by atoms with Crippen LogP contribution in [-0.2, 0) is 10.2 Å². The fraction of sp³-hybridized carbons (Fsp3) is 1.00. The van der Waals surface area contributed by atoms with Crippen molar-refractivity contribution in [3.05, 3.63) is 0 Å². The lowest BCUT2D eigenvalue weighted by Gasteiger charge is -2.24. The molecule has 0 atom stereocenters. The fourth-order valence-electron chi connectivity index (χ4n) is 1.54. The molecule has 0 heterocycles. The second-order valence-electron chi connectivity index (χ2n) is 3.74. The van der Waals surface area contributed by atoms with Crippen molar-refractivity contribution in [2.24, 2.45) is 0 Å². The van der Waals surface area contributed by atoms with Gasteiger partial charge in [0.05, 0.1) is 0 Å². The Morgan fingerprint density at radius 3 is 2.15 bits per heavy atom.